The molecule has 2 aliphatic heterocycles. The highest BCUT2D eigenvalue weighted by Crippen LogP contribution is 2.38. The predicted molar refractivity (Wildman–Crippen MR) is 105 cm³/mol. The number of hydrogen-bond acceptors (Lipinski definition) is 4. The summed E-state index contributed by atoms with van der Waals surface area (Å²) in [5, 5.41) is 2.67. The van der Waals surface area contributed by atoms with Crippen LogP contribution in [0.2, 0.25) is 0 Å². The number of piperidine rings is 1. The Labute approximate surface area is 169 Å². The number of anilines is 1. The van der Waals surface area contributed by atoms with Crippen molar-refractivity contribution < 1.29 is 22.3 Å². The third-order valence-electron chi connectivity index (χ3n) is 5.36. The first-order valence-corrected chi connectivity index (χ1v) is 10.9. The number of carbonyl (C=O) groups excluding carboxylic acids is 1. The molecular weight excluding hydrogens is 397 g/mol. The second-order valence-electron chi connectivity index (χ2n) is 7.11. The standard InChI is InChI=1S/C20H22FN3O4S/c21-16-5-4-6-17(15-16)22-19(25)23-11-9-20(10-12-23)24(13-14-28-20)29(26,27)18-7-2-1-3-8-18/h1-8,15H,9-14H2,(H,22,25). The number of rotatable bonds is 3. The van der Waals surface area contributed by atoms with Gasteiger partial charge in [0.1, 0.15) is 11.5 Å². The van der Waals surface area contributed by atoms with E-state index >= 15 is 0 Å². The number of nitrogens with one attached hydrogen (secondary N) is 1. The first-order valence-electron chi connectivity index (χ1n) is 9.44. The van der Waals surface area contributed by atoms with Gasteiger partial charge in [0.15, 0.2) is 0 Å². The van der Waals surface area contributed by atoms with Crippen LogP contribution < -0.4 is 5.32 Å². The van der Waals surface area contributed by atoms with E-state index in [2.05, 4.69) is 5.32 Å². The lowest BCUT2D eigenvalue weighted by Crippen LogP contribution is -2.56. The number of amides is 2. The molecule has 29 heavy (non-hydrogen) atoms. The topological polar surface area (TPSA) is 79.0 Å². The van der Waals surface area contributed by atoms with E-state index in [9.17, 15) is 17.6 Å². The third kappa shape index (κ3) is 3.85. The van der Waals surface area contributed by atoms with Gasteiger partial charge in [-0.2, -0.15) is 4.31 Å². The normalized spacial score (nSPS) is 19.4. The van der Waals surface area contributed by atoms with Crippen LogP contribution in [0.15, 0.2) is 59.5 Å². The molecule has 2 aromatic rings. The van der Waals surface area contributed by atoms with Gasteiger partial charge in [0.2, 0.25) is 10.0 Å². The lowest BCUT2D eigenvalue weighted by molar-refractivity contribution is -0.0840. The Hall–Kier alpha value is -2.49. The smallest absolute Gasteiger partial charge is 0.321 e. The molecule has 1 spiro atoms. The summed E-state index contributed by atoms with van der Waals surface area (Å²) >= 11 is 0. The van der Waals surface area contributed by atoms with Crippen molar-refractivity contribution in [2.75, 3.05) is 31.6 Å². The summed E-state index contributed by atoms with van der Waals surface area (Å²) < 4.78 is 46.9. The highest BCUT2D eigenvalue weighted by atomic mass is 32.2. The maximum absolute atomic E-state index is 13.3. The minimum absolute atomic E-state index is 0.233. The van der Waals surface area contributed by atoms with Gasteiger partial charge in [-0.15, -0.1) is 0 Å². The molecule has 2 aliphatic rings. The minimum atomic E-state index is -3.69. The van der Waals surface area contributed by atoms with Gasteiger partial charge in [-0.1, -0.05) is 24.3 Å². The van der Waals surface area contributed by atoms with E-state index in [1.807, 2.05) is 0 Å². The largest absolute Gasteiger partial charge is 0.358 e. The molecule has 2 heterocycles. The average Bonchev–Trinajstić information content (AvgIpc) is 3.13. The molecule has 2 amide bonds. The zero-order chi connectivity index (χ0) is 20.5. The molecule has 4 rings (SSSR count). The Morgan fingerprint density at radius 1 is 1.03 bits per heavy atom. The molecule has 2 saturated heterocycles. The van der Waals surface area contributed by atoms with Gasteiger partial charge < -0.3 is 15.0 Å². The molecule has 2 aromatic carbocycles. The van der Waals surface area contributed by atoms with E-state index in [0.29, 0.717) is 38.2 Å². The number of halogens is 1. The van der Waals surface area contributed by atoms with Gasteiger partial charge in [-0.3, -0.25) is 0 Å². The number of hydrogen-bond donors (Lipinski definition) is 1. The fourth-order valence-electron chi connectivity index (χ4n) is 3.87. The summed E-state index contributed by atoms with van der Waals surface area (Å²) in [5.74, 6) is -0.429. The molecule has 0 aliphatic carbocycles. The SMILES string of the molecule is O=C(Nc1cccc(F)c1)N1CCC2(CC1)OCCN2S(=O)(=O)c1ccccc1. The van der Waals surface area contributed by atoms with Crippen LogP contribution in [0.25, 0.3) is 0 Å². The van der Waals surface area contributed by atoms with Crippen LogP contribution in [0.5, 0.6) is 0 Å². The summed E-state index contributed by atoms with van der Waals surface area (Å²) in [5.41, 5.74) is -0.565. The summed E-state index contributed by atoms with van der Waals surface area (Å²) in [6.07, 6.45) is 0.741. The van der Waals surface area contributed by atoms with E-state index in [1.54, 1.807) is 41.3 Å². The number of nitrogens with zero attached hydrogens (tertiary/aromatic N) is 2. The van der Waals surface area contributed by atoms with Crippen LogP contribution in [0.4, 0.5) is 14.9 Å². The maximum atomic E-state index is 13.3. The highest BCUT2D eigenvalue weighted by Gasteiger charge is 2.50. The van der Waals surface area contributed by atoms with Crippen molar-refractivity contribution in [2.45, 2.75) is 23.5 Å². The van der Waals surface area contributed by atoms with Crippen molar-refractivity contribution in [1.82, 2.24) is 9.21 Å². The fraction of sp³-hybridized carbons (Fsp3) is 0.350. The summed E-state index contributed by atoms with van der Waals surface area (Å²) in [4.78, 5) is 14.3. The number of likely N-dealkylation sites (tertiary alicyclic amines) is 1. The van der Waals surface area contributed by atoms with Crippen LogP contribution in [0.1, 0.15) is 12.8 Å². The first-order chi connectivity index (χ1) is 13.9. The van der Waals surface area contributed by atoms with Crippen molar-refractivity contribution in [1.29, 1.82) is 0 Å². The van der Waals surface area contributed by atoms with E-state index in [1.165, 1.54) is 22.5 Å². The van der Waals surface area contributed by atoms with Crippen LogP contribution in [0, 0.1) is 5.82 Å². The van der Waals surface area contributed by atoms with Crippen molar-refractivity contribution in [3.8, 4) is 0 Å². The first kappa shape index (κ1) is 19.8. The predicted octanol–water partition coefficient (Wildman–Crippen LogP) is 2.87. The van der Waals surface area contributed by atoms with Crippen molar-refractivity contribution >= 4 is 21.7 Å². The summed E-state index contributed by atoms with van der Waals surface area (Å²) in [7, 11) is -3.69. The second kappa shape index (κ2) is 7.74. The number of sulfonamides is 1. The molecule has 0 bridgehead atoms. The molecule has 7 nitrogen and oxygen atoms in total. The van der Waals surface area contributed by atoms with Crippen LogP contribution >= 0.6 is 0 Å². The zero-order valence-corrected chi connectivity index (χ0v) is 16.6. The molecule has 9 heteroatoms. The summed E-state index contributed by atoms with van der Waals surface area (Å²) in [6, 6.07) is 13.6. The van der Waals surface area contributed by atoms with Crippen molar-refractivity contribution in [3.63, 3.8) is 0 Å². The third-order valence-corrected chi connectivity index (χ3v) is 7.32. The van der Waals surface area contributed by atoms with E-state index in [-0.39, 0.29) is 17.5 Å². The van der Waals surface area contributed by atoms with Crippen LogP contribution in [0.3, 0.4) is 0 Å². The van der Waals surface area contributed by atoms with Crippen molar-refractivity contribution in [3.05, 3.63) is 60.4 Å². The molecule has 0 atom stereocenters. The molecule has 2 fully saturated rings. The van der Waals surface area contributed by atoms with Crippen LogP contribution in [-0.2, 0) is 14.8 Å². The fourth-order valence-corrected chi connectivity index (χ4v) is 5.62. The lowest BCUT2D eigenvalue weighted by atomic mass is 10.0. The van der Waals surface area contributed by atoms with E-state index in [4.69, 9.17) is 4.74 Å². The molecule has 0 aromatic heterocycles. The Morgan fingerprint density at radius 2 is 1.76 bits per heavy atom. The van der Waals surface area contributed by atoms with E-state index in [0.717, 1.165) is 0 Å². The summed E-state index contributed by atoms with van der Waals surface area (Å²) in [6.45, 7) is 1.28. The van der Waals surface area contributed by atoms with Crippen molar-refractivity contribution in [2.24, 2.45) is 0 Å². The number of carbonyl (C=O) groups is 1. The van der Waals surface area contributed by atoms with Gasteiger partial charge in [-0.05, 0) is 30.3 Å². The molecular formula is C20H22FN3O4S. The Bertz CT molecular complexity index is 992. The minimum Gasteiger partial charge on any atom is -0.358 e. The van der Waals surface area contributed by atoms with Crippen LogP contribution in [-0.4, -0.2) is 55.6 Å². The number of ether oxygens (including phenoxy) is 1. The van der Waals surface area contributed by atoms with Gasteiger partial charge >= 0.3 is 6.03 Å². The zero-order valence-electron chi connectivity index (χ0n) is 15.8. The van der Waals surface area contributed by atoms with Gasteiger partial charge in [0, 0.05) is 38.2 Å². The quantitative estimate of drug-likeness (QED) is 0.830. The Kier molecular flexibility index (Phi) is 5.28. The highest BCUT2D eigenvalue weighted by molar-refractivity contribution is 7.89. The molecule has 1 N–H and O–H groups in total. The molecule has 0 saturated carbocycles. The van der Waals surface area contributed by atoms with Gasteiger partial charge in [0.25, 0.3) is 0 Å². The van der Waals surface area contributed by atoms with Gasteiger partial charge in [0.05, 0.1) is 11.5 Å². The molecule has 154 valence electrons. The average molecular weight is 419 g/mol. The number of benzene rings is 2. The Balaban J connectivity index is 1.45. The van der Waals surface area contributed by atoms with Gasteiger partial charge in [-0.25, -0.2) is 17.6 Å². The van der Waals surface area contributed by atoms with E-state index < -0.39 is 21.6 Å². The second-order valence-corrected chi connectivity index (χ2v) is 8.97. The number of urea groups is 1. The lowest BCUT2D eigenvalue weighted by Gasteiger charge is -2.42. The Morgan fingerprint density at radius 3 is 2.45 bits per heavy atom. The monoisotopic (exact) mass is 419 g/mol. The molecule has 0 unspecified atom stereocenters. The maximum Gasteiger partial charge on any atom is 0.321 e. The molecule has 0 radical (unpaired) electrons.